The van der Waals surface area contributed by atoms with Crippen molar-refractivity contribution in [2.75, 3.05) is 0 Å². The molecule has 30 heavy (non-hydrogen) atoms. The Bertz CT molecular complexity index is 1210. The van der Waals surface area contributed by atoms with Crippen LogP contribution in [0.2, 0.25) is 0 Å². The van der Waals surface area contributed by atoms with E-state index in [0.717, 1.165) is 18.2 Å². The average molecular weight is 411 g/mol. The first kappa shape index (κ1) is 19.2. The fourth-order valence-corrected chi connectivity index (χ4v) is 3.39. The molecular formula is C21H14FNO7. The van der Waals surface area contributed by atoms with Gasteiger partial charge in [0.15, 0.2) is 5.76 Å². The number of hydrogen-bond acceptors (Lipinski definition) is 7. The van der Waals surface area contributed by atoms with E-state index in [1.165, 1.54) is 24.3 Å². The Labute approximate surface area is 168 Å². The molecule has 4 rings (SSSR count). The number of aliphatic hydroxyl groups excluding tert-OH is 2. The number of ether oxygens (including phenoxy) is 1. The third-order valence-corrected chi connectivity index (χ3v) is 4.86. The molecule has 152 valence electrons. The molecule has 0 spiro atoms. The van der Waals surface area contributed by atoms with Gasteiger partial charge >= 0.3 is 5.97 Å². The van der Waals surface area contributed by atoms with Crippen molar-refractivity contribution in [1.82, 2.24) is 0 Å². The van der Waals surface area contributed by atoms with Crippen LogP contribution < -0.4 is 0 Å². The van der Waals surface area contributed by atoms with E-state index >= 15 is 0 Å². The van der Waals surface area contributed by atoms with Crippen LogP contribution >= 0.6 is 0 Å². The van der Waals surface area contributed by atoms with Gasteiger partial charge in [0.05, 0.1) is 10.5 Å². The highest BCUT2D eigenvalue weighted by Gasteiger charge is 2.52. The van der Waals surface area contributed by atoms with E-state index in [-0.39, 0.29) is 28.1 Å². The highest BCUT2D eigenvalue weighted by Crippen LogP contribution is 2.46. The Morgan fingerprint density at radius 1 is 1.03 bits per heavy atom. The summed E-state index contributed by atoms with van der Waals surface area (Å²) >= 11 is 0. The third-order valence-electron chi connectivity index (χ3n) is 4.86. The van der Waals surface area contributed by atoms with Gasteiger partial charge in [-0.3, -0.25) is 10.1 Å². The minimum atomic E-state index is -2.06. The summed E-state index contributed by atoms with van der Waals surface area (Å²) in [4.78, 5) is 22.3. The maximum absolute atomic E-state index is 14.9. The van der Waals surface area contributed by atoms with Crippen LogP contribution in [0.4, 0.5) is 10.1 Å². The summed E-state index contributed by atoms with van der Waals surface area (Å²) in [6, 6.07) is 11.9. The second-order valence-electron chi connectivity index (χ2n) is 6.68. The predicted octanol–water partition coefficient (Wildman–Crippen LogP) is 4.43. The van der Waals surface area contributed by atoms with E-state index in [9.17, 15) is 29.5 Å². The molecule has 3 aromatic rings. The van der Waals surface area contributed by atoms with E-state index in [4.69, 9.17) is 9.15 Å². The molecular weight excluding hydrogens is 397 g/mol. The topological polar surface area (TPSA) is 123 Å². The molecule has 2 heterocycles. The molecule has 1 aliphatic heterocycles. The van der Waals surface area contributed by atoms with Gasteiger partial charge in [-0.15, -0.1) is 0 Å². The third kappa shape index (κ3) is 2.79. The first-order valence-electron chi connectivity index (χ1n) is 8.72. The Kier molecular flexibility index (Phi) is 4.30. The van der Waals surface area contributed by atoms with Gasteiger partial charge < -0.3 is 19.4 Å². The number of esters is 1. The Hall–Kier alpha value is -4.14. The number of non-ortho nitro benzene ring substituents is 1. The smallest absolute Gasteiger partial charge is 0.378 e. The van der Waals surface area contributed by atoms with Gasteiger partial charge in [0.1, 0.15) is 17.3 Å². The number of carbonyl (C=O) groups excluding carboxylic acids is 1. The average Bonchev–Trinajstić information content (AvgIpc) is 3.25. The van der Waals surface area contributed by atoms with Crippen LogP contribution in [0.25, 0.3) is 11.3 Å². The number of aryl methyl sites for hydroxylation is 1. The molecule has 8 nitrogen and oxygen atoms in total. The normalized spacial score (nSPS) is 18.5. The van der Waals surface area contributed by atoms with Crippen molar-refractivity contribution < 1.29 is 33.5 Å². The second kappa shape index (κ2) is 6.73. The van der Waals surface area contributed by atoms with E-state index in [1.54, 1.807) is 19.1 Å². The van der Waals surface area contributed by atoms with E-state index in [2.05, 4.69) is 0 Å². The molecule has 1 aromatic heterocycles. The summed E-state index contributed by atoms with van der Waals surface area (Å²) in [7, 11) is 0. The van der Waals surface area contributed by atoms with Crippen LogP contribution in [0, 0.1) is 22.9 Å². The molecule has 1 unspecified atom stereocenters. The van der Waals surface area contributed by atoms with Gasteiger partial charge in [0, 0.05) is 23.3 Å². The number of rotatable bonds is 4. The second-order valence-corrected chi connectivity index (χ2v) is 6.68. The predicted molar refractivity (Wildman–Crippen MR) is 101 cm³/mol. The molecule has 0 aliphatic carbocycles. The van der Waals surface area contributed by atoms with Crippen molar-refractivity contribution in [2.45, 2.75) is 12.5 Å². The summed E-state index contributed by atoms with van der Waals surface area (Å²) < 4.78 is 25.6. The first-order valence-corrected chi connectivity index (χ1v) is 8.72. The molecule has 2 aromatic carbocycles. The molecule has 9 heteroatoms. The minimum absolute atomic E-state index is 0.00391. The molecule has 2 N–H and O–H groups in total. The van der Waals surface area contributed by atoms with Gasteiger partial charge in [0.2, 0.25) is 11.4 Å². The number of aliphatic hydroxyl groups is 2. The van der Waals surface area contributed by atoms with Crippen molar-refractivity contribution >= 4 is 11.7 Å². The number of nitro benzene ring substituents is 1. The summed E-state index contributed by atoms with van der Waals surface area (Å²) in [5.41, 5.74) is -2.07. The molecule has 1 atom stereocenters. The molecule has 1 aliphatic rings. The zero-order valence-electron chi connectivity index (χ0n) is 15.5. The van der Waals surface area contributed by atoms with Crippen LogP contribution in [0.1, 0.15) is 16.9 Å². The molecule has 0 bridgehead atoms. The van der Waals surface area contributed by atoms with Crippen molar-refractivity contribution in [2.24, 2.45) is 0 Å². The standard InChI is InChI=1S/C21H14FNO7/c1-11-2-9-17(29-11)15-8-5-13(10-16(15)22)21(19(25)18(24)20(26)30-21)12-3-6-14(7-4-12)23(27)28/h2-10,24-25H,1H3. The number of benzene rings is 2. The first-order chi connectivity index (χ1) is 14.2. The minimum Gasteiger partial charge on any atom is -0.504 e. The molecule has 0 saturated heterocycles. The highest BCUT2D eigenvalue weighted by atomic mass is 19.1. The largest absolute Gasteiger partial charge is 0.504 e. The number of nitro groups is 1. The lowest BCUT2D eigenvalue weighted by Crippen LogP contribution is -2.31. The van der Waals surface area contributed by atoms with Crippen LogP contribution in [0.3, 0.4) is 0 Å². The van der Waals surface area contributed by atoms with Crippen molar-refractivity contribution in [3.8, 4) is 11.3 Å². The van der Waals surface area contributed by atoms with Gasteiger partial charge in [-0.05, 0) is 43.3 Å². The summed E-state index contributed by atoms with van der Waals surface area (Å²) in [5.74, 6) is -2.93. The summed E-state index contributed by atoms with van der Waals surface area (Å²) in [6.45, 7) is 1.71. The van der Waals surface area contributed by atoms with Crippen LogP contribution in [0.5, 0.6) is 0 Å². The van der Waals surface area contributed by atoms with E-state index in [0.29, 0.717) is 5.76 Å². The maximum Gasteiger partial charge on any atom is 0.378 e. The Morgan fingerprint density at radius 3 is 2.20 bits per heavy atom. The van der Waals surface area contributed by atoms with Gasteiger partial charge in [-0.25, -0.2) is 9.18 Å². The molecule has 0 saturated carbocycles. The maximum atomic E-state index is 14.9. The number of carbonyl (C=O) groups is 1. The number of halogens is 1. The van der Waals surface area contributed by atoms with Crippen LogP contribution in [-0.2, 0) is 15.1 Å². The number of furan rings is 1. The molecule has 0 radical (unpaired) electrons. The monoisotopic (exact) mass is 411 g/mol. The van der Waals surface area contributed by atoms with E-state index < -0.39 is 33.8 Å². The number of cyclic esters (lactones) is 1. The highest BCUT2D eigenvalue weighted by molar-refractivity contribution is 5.91. The Morgan fingerprint density at radius 2 is 1.70 bits per heavy atom. The summed E-state index contributed by atoms with van der Waals surface area (Å²) in [5, 5.41) is 31.4. The van der Waals surface area contributed by atoms with Crippen LogP contribution in [-0.4, -0.2) is 21.1 Å². The van der Waals surface area contributed by atoms with Crippen molar-refractivity contribution in [3.63, 3.8) is 0 Å². The SMILES string of the molecule is Cc1ccc(-c2ccc(C3(c4ccc([N+](=O)[O-])cc4)OC(=O)C(O)=C3O)cc2F)o1. The zero-order chi connectivity index (χ0) is 21.6. The summed E-state index contributed by atoms with van der Waals surface area (Å²) in [6.07, 6.45) is 0. The van der Waals surface area contributed by atoms with Gasteiger partial charge in [-0.2, -0.15) is 0 Å². The number of hydrogen-bond donors (Lipinski definition) is 2. The zero-order valence-corrected chi connectivity index (χ0v) is 15.5. The lowest BCUT2D eigenvalue weighted by atomic mass is 9.84. The van der Waals surface area contributed by atoms with E-state index in [1.807, 2.05) is 0 Å². The van der Waals surface area contributed by atoms with Crippen molar-refractivity contribution in [3.05, 3.63) is 98.9 Å². The number of nitrogens with zero attached hydrogens (tertiary/aromatic N) is 1. The lowest BCUT2D eigenvalue weighted by molar-refractivity contribution is -0.384. The fraction of sp³-hybridized carbons (Fsp3) is 0.0952. The lowest BCUT2D eigenvalue weighted by Gasteiger charge is -2.29. The van der Waals surface area contributed by atoms with Crippen molar-refractivity contribution in [1.29, 1.82) is 0 Å². The van der Waals surface area contributed by atoms with Crippen LogP contribution in [0.15, 0.2) is 70.5 Å². The fourth-order valence-electron chi connectivity index (χ4n) is 3.39. The molecule has 0 amide bonds. The molecule has 0 fully saturated rings. The Balaban J connectivity index is 1.89. The van der Waals surface area contributed by atoms with Gasteiger partial charge in [0.25, 0.3) is 5.69 Å². The quantitative estimate of drug-likeness (QED) is 0.370. The van der Waals surface area contributed by atoms with Gasteiger partial charge in [-0.1, -0.05) is 6.07 Å².